The molecule has 0 aliphatic carbocycles. The van der Waals surface area contributed by atoms with Gasteiger partial charge in [0.05, 0.1) is 5.56 Å². The molecule has 1 atom stereocenters. The second-order valence-corrected chi connectivity index (χ2v) is 6.09. The molecule has 25 heavy (non-hydrogen) atoms. The molecule has 2 aromatic rings. The fourth-order valence-electron chi connectivity index (χ4n) is 2.84. The molecule has 0 radical (unpaired) electrons. The van der Waals surface area contributed by atoms with E-state index in [0.717, 1.165) is 11.1 Å². The molecule has 0 saturated carbocycles. The van der Waals surface area contributed by atoms with Crippen LogP contribution in [0.4, 0.5) is 5.82 Å². The molecule has 3 rings (SSSR count). The Balaban J connectivity index is 1.70. The lowest BCUT2D eigenvalue weighted by atomic mass is 10.1. The summed E-state index contributed by atoms with van der Waals surface area (Å²) in [5.74, 6) is 0.0994. The summed E-state index contributed by atoms with van der Waals surface area (Å²) >= 11 is 0. The van der Waals surface area contributed by atoms with E-state index in [-0.39, 0.29) is 11.8 Å². The molecular formula is C19H18N4O2. The maximum atomic E-state index is 12.6. The van der Waals surface area contributed by atoms with E-state index in [0.29, 0.717) is 30.8 Å². The number of amides is 2. The van der Waals surface area contributed by atoms with Crippen molar-refractivity contribution >= 4 is 17.6 Å². The number of likely N-dealkylation sites (tertiary alicyclic amines) is 1. The number of benzene rings is 1. The van der Waals surface area contributed by atoms with E-state index in [1.807, 2.05) is 37.3 Å². The summed E-state index contributed by atoms with van der Waals surface area (Å²) < 4.78 is 0. The zero-order valence-electron chi connectivity index (χ0n) is 13.9. The molecule has 1 saturated heterocycles. The molecule has 6 nitrogen and oxygen atoms in total. The van der Waals surface area contributed by atoms with Gasteiger partial charge in [-0.3, -0.25) is 9.59 Å². The number of carbonyl (C=O) groups is 2. The number of hydrogen-bond donors (Lipinski definition) is 1. The van der Waals surface area contributed by atoms with Crippen LogP contribution in [-0.2, 0) is 16.1 Å². The van der Waals surface area contributed by atoms with Gasteiger partial charge in [-0.2, -0.15) is 5.26 Å². The van der Waals surface area contributed by atoms with Crippen molar-refractivity contribution < 1.29 is 9.59 Å². The van der Waals surface area contributed by atoms with Gasteiger partial charge >= 0.3 is 0 Å². The molecule has 2 heterocycles. The van der Waals surface area contributed by atoms with Crippen molar-refractivity contribution in [2.45, 2.75) is 32.4 Å². The highest BCUT2D eigenvalue weighted by molar-refractivity contribution is 5.98. The highest BCUT2D eigenvalue weighted by atomic mass is 16.2. The first-order valence-corrected chi connectivity index (χ1v) is 8.09. The number of nitriles is 1. The Hall–Kier alpha value is -3.20. The lowest BCUT2D eigenvalue weighted by molar-refractivity contribution is -0.133. The minimum atomic E-state index is -0.508. The first-order chi connectivity index (χ1) is 12.1. The van der Waals surface area contributed by atoms with Crippen LogP contribution in [0.1, 0.15) is 29.5 Å². The summed E-state index contributed by atoms with van der Waals surface area (Å²) in [5.41, 5.74) is 2.57. The zero-order chi connectivity index (χ0) is 17.8. The van der Waals surface area contributed by atoms with Crippen molar-refractivity contribution in [2.24, 2.45) is 0 Å². The topological polar surface area (TPSA) is 86.1 Å². The summed E-state index contributed by atoms with van der Waals surface area (Å²) in [6.45, 7) is 2.42. The van der Waals surface area contributed by atoms with Gasteiger partial charge in [-0.25, -0.2) is 4.98 Å². The second kappa shape index (κ2) is 7.14. The summed E-state index contributed by atoms with van der Waals surface area (Å²) in [4.78, 5) is 30.4. The molecular weight excluding hydrogens is 316 g/mol. The Morgan fingerprint density at radius 1 is 1.32 bits per heavy atom. The molecule has 1 aliphatic heterocycles. The van der Waals surface area contributed by atoms with E-state index in [4.69, 9.17) is 5.26 Å². The Morgan fingerprint density at radius 2 is 2.08 bits per heavy atom. The number of nitrogens with zero attached hydrogens (tertiary/aromatic N) is 3. The largest absolute Gasteiger partial charge is 0.326 e. The lowest BCUT2D eigenvalue weighted by Gasteiger charge is -2.24. The number of nitrogens with one attached hydrogen (secondary N) is 1. The fourth-order valence-corrected chi connectivity index (χ4v) is 2.84. The van der Waals surface area contributed by atoms with Gasteiger partial charge in [0, 0.05) is 19.2 Å². The van der Waals surface area contributed by atoms with E-state index in [2.05, 4.69) is 10.3 Å². The van der Waals surface area contributed by atoms with Gasteiger partial charge < -0.3 is 10.2 Å². The number of rotatable bonds is 4. The van der Waals surface area contributed by atoms with Crippen molar-refractivity contribution in [1.29, 1.82) is 5.26 Å². The van der Waals surface area contributed by atoms with E-state index in [9.17, 15) is 9.59 Å². The number of pyridine rings is 1. The molecule has 0 bridgehead atoms. The number of aryl methyl sites for hydroxylation is 1. The molecule has 0 spiro atoms. The maximum absolute atomic E-state index is 12.6. The third-order valence-corrected chi connectivity index (χ3v) is 4.25. The Labute approximate surface area is 146 Å². The molecule has 2 amide bonds. The summed E-state index contributed by atoms with van der Waals surface area (Å²) in [6, 6.07) is 12.6. The van der Waals surface area contributed by atoms with Crippen LogP contribution in [0.5, 0.6) is 0 Å². The van der Waals surface area contributed by atoms with Gasteiger partial charge in [-0.05, 0) is 31.0 Å². The SMILES string of the molecule is Cc1ccc(CN2C(=O)CCC2C(=O)Nc2ccc(C#N)cn2)cc1. The van der Waals surface area contributed by atoms with Gasteiger partial charge in [0.15, 0.2) is 0 Å². The van der Waals surface area contributed by atoms with Crippen molar-refractivity contribution in [3.05, 3.63) is 59.3 Å². The van der Waals surface area contributed by atoms with Gasteiger partial charge in [-0.1, -0.05) is 29.8 Å². The van der Waals surface area contributed by atoms with Crippen LogP contribution in [0, 0.1) is 18.3 Å². The standard InChI is InChI=1S/C19H18N4O2/c1-13-2-4-14(5-3-13)12-23-16(7-9-18(23)24)19(25)22-17-8-6-15(10-20)11-21-17/h2-6,8,11,16H,7,9,12H2,1H3,(H,21,22,25). The second-order valence-electron chi connectivity index (χ2n) is 6.09. The monoisotopic (exact) mass is 334 g/mol. The summed E-state index contributed by atoms with van der Waals surface area (Å²) in [5, 5.41) is 11.5. The van der Waals surface area contributed by atoms with Crippen LogP contribution >= 0.6 is 0 Å². The van der Waals surface area contributed by atoms with E-state index in [1.165, 1.54) is 6.20 Å². The minimum absolute atomic E-state index is 0.0199. The molecule has 1 aromatic heterocycles. The quantitative estimate of drug-likeness (QED) is 0.930. The molecule has 126 valence electrons. The summed E-state index contributed by atoms with van der Waals surface area (Å²) in [7, 11) is 0. The first kappa shape index (κ1) is 16.7. The Bertz CT molecular complexity index is 822. The number of hydrogen-bond acceptors (Lipinski definition) is 4. The highest BCUT2D eigenvalue weighted by Gasteiger charge is 2.36. The van der Waals surface area contributed by atoms with Crippen LogP contribution in [0.3, 0.4) is 0 Å². The van der Waals surface area contributed by atoms with Crippen molar-refractivity contribution in [3.8, 4) is 6.07 Å². The van der Waals surface area contributed by atoms with Gasteiger partial charge in [0.2, 0.25) is 11.8 Å². The summed E-state index contributed by atoms with van der Waals surface area (Å²) in [6.07, 6.45) is 2.26. The van der Waals surface area contributed by atoms with E-state index in [1.54, 1.807) is 17.0 Å². The number of aromatic nitrogens is 1. The number of carbonyl (C=O) groups excluding carboxylic acids is 2. The fraction of sp³-hybridized carbons (Fsp3) is 0.263. The van der Waals surface area contributed by atoms with Crippen LogP contribution in [0.25, 0.3) is 0 Å². The molecule has 1 N–H and O–H groups in total. The predicted molar refractivity (Wildman–Crippen MR) is 92.3 cm³/mol. The first-order valence-electron chi connectivity index (χ1n) is 8.09. The minimum Gasteiger partial charge on any atom is -0.326 e. The lowest BCUT2D eigenvalue weighted by Crippen LogP contribution is -2.41. The predicted octanol–water partition coefficient (Wildman–Crippen LogP) is 2.39. The molecule has 1 fully saturated rings. The molecule has 1 unspecified atom stereocenters. The number of anilines is 1. The van der Waals surface area contributed by atoms with Crippen molar-refractivity contribution in [3.63, 3.8) is 0 Å². The third-order valence-electron chi connectivity index (χ3n) is 4.25. The van der Waals surface area contributed by atoms with Crippen molar-refractivity contribution in [2.75, 3.05) is 5.32 Å². The molecule has 1 aromatic carbocycles. The maximum Gasteiger partial charge on any atom is 0.248 e. The average molecular weight is 334 g/mol. The average Bonchev–Trinajstić information content (AvgIpc) is 2.98. The van der Waals surface area contributed by atoms with Crippen LogP contribution < -0.4 is 5.32 Å². The molecule has 6 heteroatoms. The van der Waals surface area contributed by atoms with Crippen molar-refractivity contribution in [1.82, 2.24) is 9.88 Å². The van der Waals surface area contributed by atoms with E-state index < -0.39 is 6.04 Å². The van der Waals surface area contributed by atoms with Gasteiger partial charge in [-0.15, -0.1) is 0 Å². The van der Waals surface area contributed by atoms with Crippen LogP contribution in [0.2, 0.25) is 0 Å². The smallest absolute Gasteiger partial charge is 0.248 e. The van der Waals surface area contributed by atoms with Crippen LogP contribution in [-0.4, -0.2) is 27.7 Å². The van der Waals surface area contributed by atoms with Gasteiger partial charge in [0.25, 0.3) is 0 Å². The highest BCUT2D eigenvalue weighted by Crippen LogP contribution is 2.23. The molecule has 1 aliphatic rings. The normalized spacial score (nSPS) is 16.6. The zero-order valence-corrected chi connectivity index (χ0v) is 13.9. The van der Waals surface area contributed by atoms with Crippen LogP contribution in [0.15, 0.2) is 42.6 Å². The van der Waals surface area contributed by atoms with E-state index >= 15 is 0 Å². The third kappa shape index (κ3) is 3.83. The Kier molecular flexibility index (Phi) is 4.75. The Morgan fingerprint density at radius 3 is 2.72 bits per heavy atom. The van der Waals surface area contributed by atoms with Gasteiger partial charge in [0.1, 0.15) is 17.9 Å².